The van der Waals surface area contributed by atoms with E-state index in [9.17, 15) is 17.6 Å². The Labute approximate surface area is 118 Å². The van der Waals surface area contributed by atoms with Crippen molar-refractivity contribution in [3.05, 3.63) is 40.8 Å². The number of anilines is 1. The zero-order valence-corrected chi connectivity index (χ0v) is 11.8. The molecular weight excluding hydrogens is 307 g/mol. The Morgan fingerprint density at radius 1 is 1.40 bits per heavy atom. The molecule has 0 unspecified atom stereocenters. The molecule has 0 spiro atoms. The quantitative estimate of drug-likeness (QED) is 0.900. The number of carbonyl (C=O) groups is 1. The van der Waals surface area contributed by atoms with Crippen LogP contribution in [0.3, 0.4) is 0 Å². The summed E-state index contributed by atoms with van der Waals surface area (Å²) in [4.78, 5) is 14.1. The van der Waals surface area contributed by atoms with Crippen LogP contribution in [0.5, 0.6) is 0 Å². The zero-order chi connectivity index (χ0) is 14.9. The van der Waals surface area contributed by atoms with Crippen molar-refractivity contribution < 1.29 is 22.7 Å². The van der Waals surface area contributed by atoms with Gasteiger partial charge in [-0.3, -0.25) is 9.71 Å². The van der Waals surface area contributed by atoms with Crippen LogP contribution in [0.1, 0.15) is 15.2 Å². The van der Waals surface area contributed by atoms with Crippen LogP contribution in [-0.4, -0.2) is 24.5 Å². The van der Waals surface area contributed by atoms with Crippen LogP contribution < -0.4 is 4.72 Å². The van der Waals surface area contributed by atoms with E-state index in [1.165, 1.54) is 6.07 Å². The fourth-order valence-corrected chi connectivity index (χ4v) is 3.64. The first kappa shape index (κ1) is 14.4. The van der Waals surface area contributed by atoms with Gasteiger partial charge in [0.05, 0.1) is 6.20 Å². The van der Waals surface area contributed by atoms with Crippen LogP contribution in [0.15, 0.2) is 29.4 Å². The lowest BCUT2D eigenvalue weighted by atomic mass is 10.3. The number of sulfonamides is 1. The monoisotopic (exact) mass is 316 g/mol. The van der Waals surface area contributed by atoms with Crippen LogP contribution >= 0.6 is 11.3 Å². The number of nitrogens with zero attached hydrogens (tertiary/aromatic N) is 1. The third kappa shape index (κ3) is 2.94. The summed E-state index contributed by atoms with van der Waals surface area (Å²) < 4.78 is 39.2. The first-order valence-electron chi connectivity index (χ1n) is 5.26. The third-order valence-electron chi connectivity index (χ3n) is 2.34. The van der Waals surface area contributed by atoms with Crippen molar-refractivity contribution in [3.63, 3.8) is 0 Å². The molecule has 0 saturated heterocycles. The number of carboxylic acids is 1. The van der Waals surface area contributed by atoms with E-state index < -0.39 is 21.8 Å². The van der Waals surface area contributed by atoms with Crippen molar-refractivity contribution in [1.29, 1.82) is 0 Å². The van der Waals surface area contributed by atoms with E-state index in [0.29, 0.717) is 5.56 Å². The Hall–Kier alpha value is -2.00. The molecule has 2 rings (SSSR count). The van der Waals surface area contributed by atoms with Gasteiger partial charge in [0.25, 0.3) is 10.0 Å². The molecule has 2 aromatic rings. The molecule has 0 amide bonds. The van der Waals surface area contributed by atoms with E-state index >= 15 is 0 Å². The lowest BCUT2D eigenvalue weighted by Crippen LogP contribution is -2.12. The summed E-state index contributed by atoms with van der Waals surface area (Å²) in [7, 11) is -4.00. The van der Waals surface area contributed by atoms with Gasteiger partial charge in [0.15, 0.2) is 0 Å². The van der Waals surface area contributed by atoms with Crippen molar-refractivity contribution in [2.45, 2.75) is 11.8 Å². The van der Waals surface area contributed by atoms with Crippen LogP contribution in [-0.2, 0) is 10.0 Å². The number of hydrogen-bond donors (Lipinski definition) is 2. The van der Waals surface area contributed by atoms with Gasteiger partial charge in [-0.1, -0.05) is 0 Å². The Morgan fingerprint density at radius 2 is 2.10 bits per heavy atom. The lowest BCUT2D eigenvalue weighted by molar-refractivity contribution is 0.0701. The van der Waals surface area contributed by atoms with Gasteiger partial charge in [-0.05, 0) is 24.6 Å². The minimum atomic E-state index is -4.00. The maximum absolute atomic E-state index is 13.0. The number of aromatic nitrogens is 1. The predicted octanol–water partition coefficient (Wildman–Crippen LogP) is 2.09. The minimum Gasteiger partial charge on any atom is -0.477 e. The van der Waals surface area contributed by atoms with E-state index in [1.54, 1.807) is 6.92 Å². The van der Waals surface area contributed by atoms with Gasteiger partial charge in [-0.2, -0.15) is 0 Å². The molecule has 0 fully saturated rings. The van der Waals surface area contributed by atoms with Gasteiger partial charge in [0.2, 0.25) is 0 Å². The van der Waals surface area contributed by atoms with Gasteiger partial charge in [0.1, 0.15) is 20.6 Å². The van der Waals surface area contributed by atoms with E-state index in [4.69, 9.17) is 5.11 Å². The van der Waals surface area contributed by atoms with Crippen molar-refractivity contribution >= 4 is 32.3 Å². The number of rotatable bonds is 4. The molecule has 0 aliphatic carbocycles. The van der Waals surface area contributed by atoms with Crippen molar-refractivity contribution in [2.24, 2.45) is 0 Å². The summed E-state index contributed by atoms with van der Waals surface area (Å²) in [6, 6.07) is 2.23. The van der Waals surface area contributed by atoms with Crippen molar-refractivity contribution in [2.75, 3.05) is 4.72 Å². The number of hydrogen-bond acceptors (Lipinski definition) is 5. The van der Waals surface area contributed by atoms with E-state index in [2.05, 4.69) is 9.71 Å². The largest absolute Gasteiger partial charge is 0.477 e. The number of nitrogens with one attached hydrogen (secondary N) is 1. The molecule has 2 aromatic heterocycles. The second-order valence-corrected chi connectivity index (χ2v) is 6.61. The highest BCUT2D eigenvalue weighted by Gasteiger charge is 2.19. The summed E-state index contributed by atoms with van der Waals surface area (Å²) in [6.07, 6.45) is 1.89. The average Bonchev–Trinajstić information content (AvgIpc) is 2.69. The van der Waals surface area contributed by atoms with Crippen molar-refractivity contribution in [3.8, 4) is 0 Å². The molecule has 0 atom stereocenters. The molecule has 0 radical (unpaired) electrons. The number of aryl methyl sites for hydroxylation is 1. The Kier molecular flexibility index (Phi) is 3.73. The van der Waals surface area contributed by atoms with Crippen LogP contribution in [0.25, 0.3) is 0 Å². The number of aromatic carboxylic acids is 1. The zero-order valence-electron chi connectivity index (χ0n) is 10.1. The SMILES string of the molecule is Cc1cc(NS(=O)(=O)c2cncc(F)c2)sc1C(=O)O. The molecule has 9 heteroatoms. The Bertz CT molecular complexity index is 770. The molecule has 2 heterocycles. The molecule has 2 N–H and O–H groups in total. The van der Waals surface area contributed by atoms with Crippen LogP contribution in [0.4, 0.5) is 9.39 Å². The summed E-state index contributed by atoms with van der Waals surface area (Å²) in [5, 5.41) is 9.05. The second kappa shape index (κ2) is 5.17. The summed E-state index contributed by atoms with van der Waals surface area (Å²) in [5.74, 6) is -1.91. The third-order valence-corrected chi connectivity index (χ3v) is 4.94. The maximum Gasteiger partial charge on any atom is 0.346 e. The highest BCUT2D eigenvalue weighted by atomic mass is 32.2. The standard InChI is InChI=1S/C11H9FN2O4S2/c1-6-2-9(19-10(6)11(15)16)14-20(17,18)8-3-7(12)4-13-5-8/h2-5,14H,1H3,(H,15,16). The van der Waals surface area contributed by atoms with Gasteiger partial charge in [0, 0.05) is 6.20 Å². The first-order chi connectivity index (χ1) is 9.29. The number of halogens is 1. The molecule has 0 bridgehead atoms. The van der Waals surface area contributed by atoms with Gasteiger partial charge in [-0.25, -0.2) is 17.6 Å². The second-order valence-electron chi connectivity index (χ2n) is 3.87. The Morgan fingerprint density at radius 3 is 2.65 bits per heavy atom. The van der Waals surface area contributed by atoms with Crippen molar-refractivity contribution in [1.82, 2.24) is 4.98 Å². The highest BCUT2D eigenvalue weighted by Crippen LogP contribution is 2.28. The topological polar surface area (TPSA) is 96.4 Å². The molecule has 0 saturated carbocycles. The maximum atomic E-state index is 13.0. The minimum absolute atomic E-state index is 0.0417. The number of pyridine rings is 1. The Balaban J connectivity index is 2.34. The van der Waals surface area contributed by atoms with Gasteiger partial charge < -0.3 is 5.11 Å². The molecular formula is C11H9FN2O4S2. The van der Waals surface area contributed by atoms with Gasteiger partial charge >= 0.3 is 5.97 Å². The molecule has 0 aromatic carbocycles. The molecule has 0 aliphatic heterocycles. The van der Waals surface area contributed by atoms with Crippen LogP contribution in [0.2, 0.25) is 0 Å². The van der Waals surface area contributed by atoms with Gasteiger partial charge in [-0.15, -0.1) is 11.3 Å². The average molecular weight is 316 g/mol. The summed E-state index contributed by atoms with van der Waals surface area (Å²) in [5.41, 5.74) is 0.442. The summed E-state index contributed by atoms with van der Waals surface area (Å²) >= 11 is 0.789. The molecule has 106 valence electrons. The molecule has 6 nitrogen and oxygen atoms in total. The van der Waals surface area contributed by atoms with E-state index in [-0.39, 0.29) is 14.8 Å². The smallest absolute Gasteiger partial charge is 0.346 e. The molecule has 0 aliphatic rings. The highest BCUT2D eigenvalue weighted by molar-refractivity contribution is 7.93. The predicted molar refractivity (Wildman–Crippen MR) is 71.0 cm³/mol. The van der Waals surface area contributed by atoms with Crippen LogP contribution in [0, 0.1) is 12.7 Å². The number of carboxylic acid groups (broad SMARTS) is 1. The fraction of sp³-hybridized carbons (Fsp3) is 0.0909. The number of thiophene rings is 1. The lowest BCUT2D eigenvalue weighted by Gasteiger charge is -2.05. The fourth-order valence-electron chi connectivity index (χ4n) is 1.48. The summed E-state index contributed by atoms with van der Waals surface area (Å²) in [6.45, 7) is 1.56. The molecule has 20 heavy (non-hydrogen) atoms. The van der Waals surface area contributed by atoms with E-state index in [0.717, 1.165) is 29.8 Å². The van der Waals surface area contributed by atoms with E-state index in [1.807, 2.05) is 0 Å². The first-order valence-corrected chi connectivity index (χ1v) is 7.56. The normalized spacial score (nSPS) is 11.3.